The van der Waals surface area contributed by atoms with Crippen LogP contribution in [0.5, 0.6) is 0 Å². The van der Waals surface area contributed by atoms with E-state index in [0.717, 1.165) is 37.4 Å². The minimum absolute atomic E-state index is 0.0344. The second kappa shape index (κ2) is 10.2. The summed E-state index contributed by atoms with van der Waals surface area (Å²) in [7, 11) is 2.07. The average molecular weight is 429 g/mol. The van der Waals surface area contributed by atoms with Gasteiger partial charge in [0.25, 0.3) is 5.69 Å². The molecule has 2 aromatic carbocycles. The summed E-state index contributed by atoms with van der Waals surface area (Å²) in [6.07, 6.45) is 0.134. The molecule has 0 aromatic heterocycles. The molecule has 0 bridgehead atoms. The fourth-order valence-corrected chi connectivity index (χ4v) is 3.69. The average Bonchev–Trinajstić information content (AvgIpc) is 2.74. The Morgan fingerprint density at radius 1 is 1.19 bits per heavy atom. The molecule has 1 heterocycles. The van der Waals surface area contributed by atoms with Crippen LogP contribution in [0.3, 0.4) is 0 Å². The second-order valence-electron chi connectivity index (χ2n) is 7.73. The first-order valence-corrected chi connectivity index (χ1v) is 10.3. The van der Waals surface area contributed by atoms with E-state index in [4.69, 9.17) is 0 Å². The molecule has 166 valence electrons. The molecule has 3 rings (SSSR count). The van der Waals surface area contributed by atoms with Gasteiger partial charge in [0.05, 0.1) is 11.0 Å². The molecule has 0 spiro atoms. The van der Waals surface area contributed by atoms with E-state index in [1.165, 1.54) is 18.2 Å². The summed E-state index contributed by atoms with van der Waals surface area (Å²) in [5.74, 6) is -0.556. The maximum absolute atomic E-state index is 14.0. The molecule has 0 saturated carbocycles. The zero-order valence-corrected chi connectivity index (χ0v) is 17.8. The summed E-state index contributed by atoms with van der Waals surface area (Å²) in [5.41, 5.74) is 2.01. The van der Waals surface area contributed by atoms with Gasteiger partial charge in [-0.2, -0.15) is 0 Å². The van der Waals surface area contributed by atoms with Crippen molar-refractivity contribution in [3.05, 3.63) is 64.0 Å². The number of nitro groups is 1. The summed E-state index contributed by atoms with van der Waals surface area (Å²) >= 11 is 0. The van der Waals surface area contributed by atoms with E-state index in [0.29, 0.717) is 5.69 Å². The molecule has 1 saturated heterocycles. The van der Waals surface area contributed by atoms with E-state index >= 15 is 0 Å². The van der Waals surface area contributed by atoms with Crippen LogP contribution in [0.15, 0.2) is 42.5 Å². The number of amides is 1. The predicted octanol–water partition coefficient (Wildman–Crippen LogP) is 3.17. The first-order valence-electron chi connectivity index (χ1n) is 10.3. The smallest absolute Gasteiger partial charge is 0.292 e. The molecule has 2 aromatic rings. The Hall–Kier alpha value is -3.20. The lowest BCUT2D eigenvalue weighted by Gasteiger charge is -2.36. The van der Waals surface area contributed by atoms with Crippen LogP contribution >= 0.6 is 0 Å². The maximum Gasteiger partial charge on any atom is 0.292 e. The lowest BCUT2D eigenvalue weighted by Crippen LogP contribution is -2.45. The van der Waals surface area contributed by atoms with Crippen LogP contribution in [0.25, 0.3) is 0 Å². The number of hydrogen-bond acceptors (Lipinski definition) is 6. The number of para-hydroxylation sites is 2. The van der Waals surface area contributed by atoms with Crippen molar-refractivity contribution in [3.63, 3.8) is 0 Å². The third-order valence-electron chi connectivity index (χ3n) is 5.45. The Kier molecular flexibility index (Phi) is 7.41. The van der Waals surface area contributed by atoms with Gasteiger partial charge in [-0.1, -0.05) is 12.1 Å². The van der Waals surface area contributed by atoms with Crippen LogP contribution in [0, 0.1) is 15.9 Å². The minimum Gasteiger partial charge on any atom is -0.379 e. The number of anilines is 2. The zero-order chi connectivity index (χ0) is 22.4. The predicted molar refractivity (Wildman–Crippen MR) is 119 cm³/mol. The summed E-state index contributed by atoms with van der Waals surface area (Å²) in [6.45, 7) is 5.62. The van der Waals surface area contributed by atoms with Crippen molar-refractivity contribution in [2.45, 2.75) is 19.4 Å². The SMILES string of the molecule is CC(NC(=O)CCNc1ccccc1[N+](=O)[O-])c1cc(F)ccc1N1CCN(C)CC1. The Morgan fingerprint density at radius 2 is 1.90 bits per heavy atom. The molecule has 8 nitrogen and oxygen atoms in total. The number of nitrogens with one attached hydrogen (secondary N) is 2. The highest BCUT2D eigenvalue weighted by Crippen LogP contribution is 2.28. The van der Waals surface area contributed by atoms with E-state index in [-0.39, 0.29) is 36.4 Å². The van der Waals surface area contributed by atoms with Crippen LogP contribution < -0.4 is 15.5 Å². The molecule has 2 N–H and O–H groups in total. The van der Waals surface area contributed by atoms with Gasteiger partial charge in [0.1, 0.15) is 11.5 Å². The number of rotatable bonds is 8. The number of benzene rings is 2. The molecule has 1 unspecified atom stereocenters. The van der Waals surface area contributed by atoms with Gasteiger partial charge in [-0.3, -0.25) is 14.9 Å². The number of hydrogen-bond donors (Lipinski definition) is 2. The highest BCUT2D eigenvalue weighted by molar-refractivity contribution is 5.77. The first-order chi connectivity index (χ1) is 14.8. The fraction of sp³-hybridized carbons (Fsp3) is 0.409. The van der Waals surface area contributed by atoms with Gasteiger partial charge in [0, 0.05) is 56.5 Å². The minimum atomic E-state index is -0.464. The van der Waals surface area contributed by atoms with E-state index in [9.17, 15) is 19.3 Å². The molecule has 1 amide bonds. The summed E-state index contributed by atoms with van der Waals surface area (Å²) in [6, 6.07) is 10.6. The Labute approximate surface area is 181 Å². The molecule has 1 aliphatic heterocycles. The Balaban J connectivity index is 1.60. The van der Waals surface area contributed by atoms with Gasteiger partial charge in [-0.05, 0) is 38.2 Å². The van der Waals surface area contributed by atoms with E-state index < -0.39 is 4.92 Å². The molecule has 9 heteroatoms. The molecule has 1 aliphatic rings. The summed E-state index contributed by atoms with van der Waals surface area (Å²) < 4.78 is 14.0. The Morgan fingerprint density at radius 3 is 2.61 bits per heavy atom. The van der Waals surface area contributed by atoms with Crippen LogP contribution in [0.1, 0.15) is 24.9 Å². The summed E-state index contributed by atoms with van der Waals surface area (Å²) in [4.78, 5) is 27.5. The monoisotopic (exact) mass is 429 g/mol. The van der Waals surface area contributed by atoms with E-state index in [1.807, 2.05) is 6.92 Å². The number of likely N-dealkylation sites (N-methyl/N-ethyl adjacent to an activating group) is 1. The number of halogens is 1. The van der Waals surface area contributed by atoms with Crippen molar-refractivity contribution < 1.29 is 14.1 Å². The maximum atomic E-state index is 14.0. The topological polar surface area (TPSA) is 90.7 Å². The molecule has 0 aliphatic carbocycles. The van der Waals surface area contributed by atoms with Gasteiger partial charge >= 0.3 is 0 Å². The van der Waals surface area contributed by atoms with Crippen molar-refractivity contribution in [2.24, 2.45) is 0 Å². The largest absolute Gasteiger partial charge is 0.379 e. The molecule has 31 heavy (non-hydrogen) atoms. The molecule has 0 radical (unpaired) electrons. The lowest BCUT2D eigenvalue weighted by molar-refractivity contribution is -0.384. The van der Waals surface area contributed by atoms with Gasteiger partial charge in [-0.15, -0.1) is 0 Å². The standard InChI is InChI=1S/C22H28FN5O3/c1-16(18-15-17(23)7-8-20(18)27-13-11-26(2)12-14-27)25-22(29)9-10-24-19-5-3-4-6-21(19)28(30)31/h3-8,15-16,24H,9-14H2,1-2H3,(H,25,29). The van der Waals surface area contributed by atoms with Crippen molar-refractivity contribution in [1.82, 2.24) is 10.2 Å². The van der Waals surface area contributed by atoms with Crippen LogP contribution in [-0.4, -0.2) is 55.5 Å². The number of piperazine rings is 1. The van der Waals surface area contributed by atoms with Crippen LogP contribution in [0.4, 0.5) is 21.5 Å². The van der Waals surface area contributed by atoms with Crippen molar-refractivity contribution in [3.8, 4) is 0 Å². The third kappa shape index (κ3) is 5.91. The van der Waals surface area contributed by atoms with Crippen molar-refractivity contribution >= 4 is 23.0 Å². The highest BCUT2D eigenvalue weighted by atomic mass is 19.1. The number of carbonyl (C=O) groups is 1. The number of carbonyl (C=O) groups excluding carboxylic acids is 1. The molecule has 1 fully saturated rings. The van der Waals surface area contributed by atoms with Gasteiger partial charge in [0.2, 0.25) is 5.91 Å². The second-order valence-corrected chi connectivity index (χ2v) is 7.73. The highest BCUT2D eigenvalue weighted by Gasteiger charge is 2.21. The first kappa shape index (κ1) is 22.5. The van der Waals surface area contributed by atoms with E-state index in [1.54, 1.807) is 24.3 Å². The zero-order valence-electron chi connectivity index (χ0n) is 17.8. The van der Waals surface area contributed by atoms with Gasteiger partial charge in [-0.25, -0.2) is 4.39 Å². The fourth-order valence-electron chi connectivity index (χ4n) is 3.69. The molecule has 1 atom stereocenters. The van der Waals surface area contributed by atoms with Crippen molar-refractivity contribution in [1.29, 1.82) is 0 Å². The summed E-state index contributed by atoms with van der Waals surface area (Å²) in [5, 5.41) is 16.9. The number of nitro benzene ring substituents is 1. The molecular formula is C22H28FN5O3. The van der Waals surface area contributed by atoms with Gasteiger partial charge < -0.3 is 20.4 Å². The van der Waals surface area contributed by atoms with Crippen LogP contribution in [-0.2, 0) is 4.79 Å². The van der Waals surface area contributed by atoms with Crippen molar-refractivity contribution in [2.75, 3.05) is 50.0 Å². The quantitative estimate of drug-likeness (QED) is 0.495. The third-order valence-corrected chi connectivity index (χ3v) is 5.45. The normalized spacial score (nSPS) is 15.4. The van der Waals surface area contributed by atoms with E-state index in [2.05, 4.69) is 27.5 Å². The molecular weight excluding hydrogens is 401 g/mol. The Bertz CT molecular complexity index is 931. The van der Waals surface area contributed by atoms with Gasteiger partial charge in [0.15, 0.2) is 0 Å². The van der Waals surface area contributed by atoms with Crippen LogP contribution in [0.2, 0.25) is 0 Å². The lowest BCUT2D eigenvalue weighted by atomic mass is 10.0. The number of nitrogens with zero attached hydrogens (tertiary/aromatic N) is 3.